The summed E-state index contributed by atoms with van der Waals surface area (Å²) in [6.45, 7) is 1.91. The fourth-order valence-corrected chi connectivity index (χ4v) is 1.41. The Morgan fingerprint density at radius 2 is 2.40 bits per heavy atom. The van der Waals surface area contributed by atoms with Gasteiger partial charge in [-0.1, -0.05) is 0 Å². The van der Waals surface area contributed by atoms with E-state index in [0.29, 0.717) is 6.04 Å². The zero-order chi connectivity index (χ0) is 6.97. The Balaban J connectivity index is 2.03. The van der Waals surface area contributed by atoms with Gasteiger partial charge in [0.25, 0.3) is 0 Å². The highest BCUT2D eigenvalue weighted by molar-refractivity contribution is 7.09. The maximum absolute atomic E-state index is 4.19. The maximum atomic E-state index is 4.19. The molecule has 1 aliphatic carbocycles. The number of aromatic nitrogens is 2. The molecule has 1 saturated carbocycles. The lowest BCUT2D eigenvalue weighted by Crippen LogP contribution is -1.99. The Kier molecular flexibility index (Phi) is 1.34. The number of anilines is 1. The first-order valence-corrected chi connectivity index (χ1v) is 4.19. The summed E-state index contributed by atoms with van der Waals surface area (Å²) in [5, 5.41) is 4.25. The van der Waals surface area contributed by atoms with Crippen molar-refractivity contribution in [3.8, 4) is 0 Å². The number of hydrogen-bond acceptors (Lipinski definition) is 4. The highest BCUT2D eigenvalue weighted by Gasteiger charge is 2.21. The number of hydrogen-bond donors (Lipinski definition) is 1. The van der Waals surface area contributed by atoms with Gasteiger partial charge in [-0.05, 0) is 19.8 Å². The van der Waals surface area contributed by atoms with E-state index in [9.17, 15) is 0 Å². The summed E-state index contributed by atoms with van der Waals surface area (Å²) in [5.41, 5.74) is 0. The number of rotatable bonds is 2. The van der Waals surface area contributed by atoms with Crippen molar-refractivity contribution in [1.29, 1.82) is 0 Å². The molecule has 1 fully saturated rings. The molecule has 54 valence electrons. The molecule has 1 heterocycles. The minimum absolute atomic E-state index is 0.687. The molecule has 0 aromatic carbocycles. The van der Waals surface area contributed by atoms with Crippen molar-refractivity contribution in [3.05, 3.63) is 5.82 Å². The molecule has 1 aromatic rings. The van der Waals surface area contributed by atoms with Gasteiger partial charge >= 0.3 is 0 Å². The molecule has 0 radical (unpaired) electrons. The van der Waals surface area contributed by atoms with Crippen molar-refractivity contribution in [2.75, 3.05) is 5.32 Å². The summed E-state index contributed by atoms with van der Waals surface area (Å²) in [7, 11) is 0. The lowest BCUT2D eigenvalue weighted by molar-refractivity contribution is 1.10. The molecular formula is C6H9N3S. The van der Waals surface area contributed by atoms with Crippen LogP contribution in [0.25, 0.3) is 0 Å². The van der Waals surface area contributed by atoms with Gasteiger partial charge in [-0.2, -0.15) is 4.37 Å². The second-order valence-electron chi connectivity index (χ2n) is 2.57. The van der Waals surface area contributed by atoms with E-state index in [1.165, 1.54) is 24.4 Å². The minimum atomic E-state index is 0.687. The minimum Gasteiger partial charge on any atom is -0.358 e. The van der Waals surface area contributed by atoms with E-state index in [2.05, 4.69) is 14.7 Å². The largest absolute Gasteiger partial charge is 0.358 e. The molecule has 0 spiro atoms. The van der Waals surface area contributed by atoms with E-state index in [1.807, 2.05) is 6.92 Å². The fraction of sp³-hybridized carbons (Fsp3) is 0.667. The van der Waals surface area contributed by atoms with E-state index < -0.39 is 0 Å². The molecular weight excluding hydrogens is 146 g/mol. The highest BCUT2D eigenvalue weighted by atomic mass is 32.1. The van der Waals surface area contributed by atoms with Crippen molar-refractivity contribution in [3.63, 3.8) is 0 Å². The van der Waals surface area contributed by atoms with Gasteiger partial charge in [-0.3, -0.25) is 0 Å². The van der Waals surface area contributed by atoms with Crippen LogP contribution in [0.2, 0.25) is 0 Å². The summed E-state index contributed by atoms with van der Waals surface area (Å²) >= 11 is 1.45. The average molecular weight is 155 g/mol. The molecule has 1 N–H and O–H groups in total. The van der Waals surface area contributed by atoms with Crippen LogP contribution in [0.5, 0.6) is 0 Å². The molecule has 1 aliphatic rings. The molecule has 0 atom stereocenters. The highest BCUT2D eigenvalue weighted by Crippen LogP contribution is 2.25. The topological polar surface area (TPSA) is 37.8 Å². The predicted molar refractivity (Wildman–Crippen MR) is 41.3 cm³/mol. The maximum Gasteiger partial charge on any atom is 0.202 e. The van der Waals surface area contributed by atoms with Gasteiger partial charge in [0.1, 0.15) is 5.82 Å². The van der Waals surface area contributed by atoms with E-state index in [-0.39, 0.29) is 0 Å². The van der Waals surface area contributed by atoms with E-state index in [1.54, 1.807) is 0 Å². The lowest BCUT2D eigenvalue weighted by Gasteiger charge is -1.93. The molecule has 0 amide bonds. The predicted octanol–water partition coefficient (Wildman–Crippen LogP) is 1.42. The number of aryl methyl sites for hydroxylation is 1. The van der Waals surface area contributed by atoms with Gasteiger partial charge in [-0.25, -0.2) is 4.98 Å². The fourth-order valence-electron chi connectivity index (χ4n) is 0.758. The lowest BCUT2D eigenvalue weighted by atomic mass is 10.7. The third kappa shape index (κ3) is 1.26. The van der Waals surface area contributed by atoms with Crippen LogP contribution >= 0.6 is 11.5 Å². The van der Waals surface area contributed by atoms with E-state index >= 15 is 0 Å². The van der Waals surface area contributed by atoms with Crippen molar-refractivity contribution >= 4 is 16.7 Å². The van der Waals surface area contributed by atoms with Gasteiger partial charge in [0, 0.05) is 17.6 Å². The Hall–Kier alpha value is -0.640. The second-order valence-corrected chi connectivity index (χ2v) is 3.32. The molecule has 10 heavy (non-hydrogen) atoms. The normalized spacial score (nSPS) is 17.3. The average Bonchev–Trinajstić information content (AvgIpc) is 2.59. The molecule has 1 aromatic heterocycles. The van der Waals surface area contributed by atoms with Gasteiger partial charge < -0.3 is 5.32 Å². The van der Waals surface area contributed by atoms with Crippen LogP contribution in [-0.2, 0) is 0 Å². The van der Waals surface area contributed by atoms with Crippen LogP contribution in [-0.4, -0.2) is 15.4 Å². The summed E-state index contributed by atoms with van der Waals surface area (Å²) in [4.78, 5) is 4.19. The Morgan fingerprint density at radius 3 is 2.90 bits per heavy atom. The summed E-state index contributed by atoms with van der Waals surface area (Å²) in [6.07, 6.45) is 2.58. The molecule has 0 bridgehead atoms. The van der Waals surface area contributed by atoms with E-state index in [0.717, 1.165) is 11.0 Å². The SMILES string of the molecule is Cc1nsc(NC2CC2)n1. The molecule has 0 saturated heterocycles. The standard InChI is InChI=1S/C6H9N3S/c1-4-7-6(10-9-4)8-5-2-3-5/h5H,2-3H2,1H3,(H,7,8,9). The quantitative estimate of drug-likeness (QED) is 0.702. The van der Waals surface area contributed by atoms with Crippen molar-refractivity contribution in [2.24, 2.45) is 0 Å². The molecule has 0 aliphatic heterocycles. The Bertz CT molecular complexity index is 229. The van der Waals surface area contributed by atoms with Gasteiger partial charge in [-0.15, -0.1) is 0 Å². The van der Waals surface area contributed by atoms with Crippen LogP contribution in [0, 0.1) is 6.92 Å². The first-order valence-electron chi connectivity index (χ1n) is 3.41. The Morgan fingerprint density at radius 1 is 1.60 bits per heavy atom. The van der Waals surface area contributed by atoms with Crippen LogP contribution in [0.15, 0.2) is 0 Å². The van der Waals surface area contributed by atoms with Crippen LogP contribution in [0.3, 0.4) is 0 Å². The van der Waals surface area contributed by atoms with Crippen molar-refractivity contribution in [1.82, 2.24) is 9.36 Å². The molecule has 0 unspecified atom stereocenters. The number of nitrogens with zero attached hydrogens (tertiary/aromatic N) is 2. The van der Waals surface area contributed by atoms with Gasteiger partial charge in [0.05, 0.1) is 0 Å². The van der Waals surface area contributed by atoms with Crippen LogP contribution in [0.1, 0.15) is 18.7 Å². The summed E-state index contributed by atoms with van der Waals surface area (Å²) in [6, 6.07) is 0.687. The van der Waals surface area contributed by atoms with E-state index in [4.69, 9.17) is 0 Å². The monoisotopic (exact) mass is 155 g/mol. The van der Waals surface area contributed by atoms with Crippen molar-refractivity contribution < 1.29 is 0 Å². The summed E-state index contributed by atoms with van der Waals surface area (Å²) < 4.78 is 4.07. The summed E-state index contributed by atoms with van der Waals surface area (Å²) in [5.74, 6) is 0.869. The smallest absolute Gasteiger partial charge is 0.202 e. The number of nitrogens with one attached hydrogen (secondary N) is 1. The molecule has 2 rings (SSSR count). The van der Waals surface area contributed by atoms with Gasteiger partial charge in [0.2, 0.25) is 5.13 Å². The first-order chi connectivity index (χ1) is 4.84. The van der Waals surface area contributed by atoms with Crippen LogP contribution < -0.4 is 5.32 Å². The third-order valence-corrected chi connectivity index (χ3v) is 2.17. The third-order valence-electron chi connectivity index (χ3n) is 1.43. The van der Waals surface area contributed by atoms with Crippen molar-refractivity contribution in [2.45, 2.75) is 25.8 Å². The second kappa shape index (κ2) is 2.20. The Labute approximate surface area is 63.7 Å². The first kappa shape index (κ1) is 6.09. The zero-order valence-corrected chi connectivity index (χ0v) is 6.61. The van der Waals surface area contributed by atoms with Gasteiger partial charge in [0.15, 0.2) is 0 Å². The molecule has 3 nitrogen and oxygen atoms in total. The van der Waals surface area contributed by atoms with Crippen LogP contribution in [0.4, 0.5) is 5.13 Å². The zero-order valence-electron chi connectivity index (χ0n) is 5.79. The molecule has 4 heteroatoms.